The van der Waals surface area contributed by atoms with Crippen molar-refractivity contribution in [2.24, 2.45) is 11.1 Å². The Kier molecular flexibility index (Phi) is 6.15. The number of hydrogen-bond acceptors (Lipinski definition) is 3. The first-order valence-corrected chi connectivity index (χ1v) is 7.76. The van der Waals surface area contributed by atoms with Gasteiger partial charge in [0.15, 0.2) is 0 Å². The zero-order chi connectivity index (χ0) is 16.0. The van der Waals surface area contributed by atoms with Gasteiger partial charge in [0.05, 0.1) is 10.4 Å². The first-order valence-electron chi connectivity index (χ1n) is 7.35. The number of amides is 1. The van der Waals surface area contributed by atoms with Crippen molar-refractivity contribution in [1.82, 2.24) is 0 Å². The number of anilines is 2. The summed E-state index contributed by atoms with van der Waals surface area (Å²) in [6.07, 6.45) is 0.575. The largest absolute Gasteiger partial charge is 0.392 e. The molecule has 1 rings (SSSR count). The lowest BCUT2D eigenvalue weighted by Crippen LogP contribution is -2.43. The number of carbonyl (C=O) groups excluding carboxylic acids is 1. The molecular formula is C16H25N3OS. The van der Waals surface area contributed by atoms with Gasteiger partial charge >= 0.3 is 0 Å². The van der Waals surface area contributed by atoms with E-state index in [2.05, 4.69) is 24.1 Å². The minimum absolute atomic E-state index is 0.159. The molecule has 116 valence electrons. The maximum Gasteiger partial charge on any atom is 0.237 e. The van der Waals surface area contributed by atoms with Gasteiger partial charge in [0, 0.05) is 24.5 Å². The number of nitrogens with zero attached hydrogens (tertiary/aromatic N) is 1. The van der Waals surface area contributed by atoms with Crippen LogP contribution in [0.2, 0.25) is 0 Å². The molecule has 0 fully saturated rings. The smallest absolute Gasteiger partial charge is 0.237 e. The van der Waals surface area contributed by atoms with E-state index >= 15 is 0 Å². The molecule has 0 saturated carbocycles. The standard InChI is InChI=1S/C16H25N3OS/c1-5-16(4,14(17)21)15(20)18-12-8-10-13(11-9-12)19(6-2)7-3/h8-11H,5-7H2,1-4H3,(H2,17,21)(H,18,20). The van der Waals surface area contributed by atoms with Crippen molar-refractivity contribution in [2.75, 3.05) is 23.3 Å². The molecule has 0 aromatic heterocycles. The fourth-order valence-corrected chi connectivity index (χ4v) is 2.30. The fraction of sp³-hybridized carbons (Fsp3) is 0.500. The molecule has 1 aromatic carbocycles. The third-order valence-electron chi connectivity index (χ3n) is 4.01. The second kappa shape index (κ2) is 7.41. The van der Waals surface area contributed by atoms with E-state index in [1.807, 2.05) is 31.2 Å². The molecule has 0 aliphatic heterocycles. The van der Waals surface area contributed by atoms with E-state index in [1.165, 1.54) is 0 Å². The number of benzene rings is 1. The second-order valence-electron chi connectivity index (χ2n) is 5.22. The van der Waals surface area contributed by atoms with Crippen LogP contribution >= 0.6 is 12.2 Å². The van der Waals surface area contributed by atoms with Crippen molar-refractivity contribution in [1.29, 1.82) is 0 Å². The molecule has 21 heavy (non-hydrogen) atoms. The Morgan fingerprint density at radius 2 is 1.76 bits per heavy atom. The number of nitrogens with two attached hydrogens (primary N) is 1. The van der Waals surface area contributed by atoms with Crippen LogP contribution in [0.25, 0.3) is 0 Å². The van der Waals surface area contributed by atoms with Gasteiger partial charge in [-0.15, -0.1) is 0 Å². The highest BCUT2D eigenvalue weighted by atomic mass is 32.1. The maximum absolute atomic E-state index is 12.3. The summed E-state index contributed by atoms with van der Waals surface area (Å²) in [6.45, 7) is 9.83. The zero-order valence-electron chi connectivity index (χ0n) is 13.3. The van der Waals surface area contributed by atoms with E-state index in [-0.39, 0.29) is 10.9 Å². The fourth-order valence-electron chi connectivity index (χ4n) is 2.06. The normalized spacial score (nSPS) is 13.3. The van der Waals surface area contributed by atoms with Gasteiger partial charge in [0.2, 0.25) is 5.91 Å². The molecule has 1 atom stereocenters. The minimum Gasteiger partial charge on any atom is -0.392 e. The number of rotatable bonds is 7. The summed E-state index contributed by atoms with van der Waals surface area (Å²) in [5.41, 5.74) is 6.79. The second-order valence-corrected chi connectivity index (χ2v) is 5.66. The van der Waals surface area contributed by atoms with Crippen molar-refractivity contribution in [3.8, 4) is 0 Å². The molecule has 5 heteroatoms. The Morgan fingerprint density at radius 3 is 2.14 bits per heavy atom. The Hall–Kier alpha value is -1.62. The van der Waals surface area contributed by atoms with Gasteiger partial charge in [0.25, 0.3) is 0 Å². The van der Waals surface area contributed by atoms with Gasteiger partial charge in [-0.3, -0.25) is 4.79 Å². The van der Waals surface area contributed by atoms with Gasteiger partial charge in [-0.2, -0.15) is 0 Å². The van der Waals surface area contributed by atoms with Crippen LogP contribution in [0.15, 0.2) is 24.3 Å². The molecule has 3 N–H and O–H groups in total. The Bertz CT molecular complexity index is 497. The van der Waals surface area contributed by atoms with E-state index in [0.29, 0.717) is 6.42 Å². The average molecular weight is 307 g/mol. The first-order chi connectivity index (χ1) is 9.88. The molecule has 1 aromatic rings. The maximum atomic E-state index is 12.3. The molecule has 1 amide bonds. The van der Waals surface area contributed by atoms with Crippen molar-refractivity contribution in [3.63, 3.8) is 0 Å². The topological polar surface area (TPSA) is 58.4 Å². The molecule has 1 unspecified atom stereocenters. The number of hydrogen-bond donors (Lipinski definition) is 2. The molecule has 0 heterocycles. The monoisotopic (exact) mass is 307 g/mol. The van der Waals surface area contributed by atoms with E-state index in [9.17, 15) is 4.79 Å². The predicted molar refractivity (Wildman–Crippen MR) is 93.8 cm³/mol. The van der Waals surface area contributed by atoms with E-state index in [1.54, 1.807) is 6.92 Å². The van der Waals surface area contributed by atoms with Crippen LogP contribution in [0.3, 0.4) is 0 Å². The molecule has 0 radical (unpaired) electrons. The highest BCUT2D eigenvalue weighted by Gasteiger charge is 2.34. The lowest BCUT2D eigenvalue weighted by atomic mass is 9.86. The number of carbonyl (C=O) groups is 1. The first kappa shape index (κ1) is 17.4. The Morgan fingerprint density at radius 1 is 1.24 bits per heavy atom. The van der Waals surface area contributed by atoms with Gasteiger partial charge in [-0.05, 0) is 51.5 Å². The Balaban J connectivity index is 2.85. The van der Waals surface area contributed by atoms with Crippen molar-refractivity contribution < 1.29 is 4.79 Å². The summed E-state index contributed by atoms with van der Waals surface area (Å²) in [4.78, 5) is 14.8. The van der Waals surface area contributed by atoms with E-state index < -0.39 is 5.41 Å². The summed E-state index contributed by atoms with van der Waals surface area (Å²) in [6, 6.07) is 7.82. The molecule has 0 saturated heterocycles. The summed E-state index contributed by atoms with van der Waals surface area (Å²) >= 11 is 5.02. The van der Waals surface area contributed by atoms with Gasteiger partial charge < -0.3 is 16.0 Å². The van der Waals surface area contributed by atoms with Crippen LogP contribution < -0.4 is 16.0 Å². The van der Waals surface area contributed by atoms with Gasteiger partial charge in [-0.1, -0.05) is 19.1 Å². The van der Waals surface area contributed by atoms with Crippen LogP contribution in [0, 0.1) is 5.41 Å². The molecule has 4 nitrogen and oxygen atoms in total. The summed E-state index contributed by atoms with van der Waals surface area (Å²) in [5.74, 6) is -0.159. The van der Waals surface area contributed by atoms with Gasteiger partial charge in [0.1, 0.15) is 0 Å². The molecule has 0 aliphatic carbocycles. The average Bonchev–Trinajstić information content (AvgIpc) is 2.48. The van der Waals surface area contributed by atoms with Crippen molar-refractivity contribution in [2.45, 2.75) is 34.1 Å². The van der Waals surface area contributed by atoms with Crippen LogP contribution in [-0.4, -0.2) is 24.0 Å². The van der Waals surface area contributed by atoms with Crippen molar-refractivity contribution in [3.05, 3.63) is 24.3 Å². The van der Waals surface area contributed by atoms with Crippen LogP contribution in [0.1, 0.15) is 34.1 Å². The third kappa shape index (κ3) is 3.94. The predicted octanol–water partition coefficient (Wildman–Crippen LogP) is 3.17. The van der Waals surface area contributed by atoms with Crippen molar-refractivity contribution >= 4 is 34.5 Å². The molecular weight excluding hydrogens is 282 g/mol. The lowest BCUT2D eigenvalue weighted by molar-refractivity contribution is -0.121. The van der Waals surface area contributed by atoms with Crippen LogP contribution in [0.4, 0.5) is 11.4 Å². The molecule has 0 spiro atoms. The number of nitrogens with one attached hydrogen (secondary N) is 1. The highest BCUT2D eigenvalue weighted by Crippen LogP contribution is 2.25. The molecule has 0 aliphatic rings. The Labute approximate surface area is 132 Å². The summed E-state index contributed by atoms with van der Waals surface area (Å²) < 4.78 is 0. The third-order valence-corrected chi connectivity index (χ3v) is 4.46. The summed E-state index contributed by atoms with van der Waals surface area (Å²) in [5, 5.41) is 2.89. The van der Waals surface area contributed by atoms with Crippen LogP contribution in [0.5, 0.6) is 0 Å². The summed E-state index contributed by atoms with van der Waals surface area (Å²) in [7, 11) is 0. The zero-order valence-corrected chi connectivity index (χ0v) is 14.1. The number of thiocarbonyl (C=S) groups is 1. The van der Waals surface area contributed by atoms with Gasteiger partial charge in [-0.25, -0.2) is 0 Å². The SMILES string of the molecule is CCN(CC)c1ccc(NC(=O)C(C)(CC)C(N)=S)cc1. The molecule has 0 bridgehead atoms. The lowest BCUT2D eigenvalue weighted by Gasteiger charge is -2.26. The van der Waals surface area contributed by atoms with E-state index in [4.69, 9.17) is 18.0 Å². The minimum atomic E-state index is -0.813. The van der Waals surface area contributed by atoms with E-state index in [0.717, 1.165) is 24.5 Å². The highest BCUT2D eigenvalue weighted by molar-refractivity contribution is 7.80. The van der Waals surface area contributed by atoms with Crippen LogP contribution in [-0.2, 0) is 4.79 Å². The quantitative estimate of drug-likeness (QED) is 0.760.